The summed E-state index contributed by atoms with van der Waals surface area (Å²) < 4.78 is 31.3. The van der Waals surface area contributed by atoms with Crippen molar-refractivity contribution in [1.82, 2.24) is 15.6 Å². The quantitative estimate of drug-likeness (QED) is 0.334. The Morgan fingerprint density at radius 3 is 2.60 bits per heavy atom. The first-order chi connectivity index (χ1) is 19.3. The molecule has 3 aromatic rings. The van der Waals surface area contributed by atoms with E-state index in [0.717, 1.165) is 23.5 Å². The molecule has 0 radical (unpaired) electrons. The molecule has 3 heterocycles. The van der Waals surface area contributed by atoms with Crippen LogP contribution >= 0.6 is 11.6 Å². The average molecular weight is 566 g/mol. The van der Waals surface area contributed by atoms with E-state index in [1.807, 2.05) is 6.07 Å². The van der Waals surface area contributed by atoms with Crippen LogP contribution in [0, 0.1) is 23.0 Å². The number of urea groups is 1. The molecule has 2 aromatic carbocycles. The molecular formula is C28H26ClF2N7O2. The van der Waals surface area contributed by atoms with E-state index in [1.165, 1.54) is 17.2 Å². The number of pyridine rings is 1. The van der Waals surface area contributed by atoms with Crippen LogP contribution in [0.5, 0.6) is 0 Å². The third kappa shape index (κ3) is 5.28. The lowest BCUT2D eigenvalue weighted by Gasteiger charge is -2.28. The largest absolute Gasteiger partial charge is 0.384 e. The fourth-order valence-electron chi connectivity index (χ4n) is 4.96. The van der Waals surface area contributed by atoms with Crippen LogP contribution in [-0.2, 0) is 4.79 Å². The Bertz CT molecular complexity index is 1500. The van der Waals surface area contributed by atoms with Gasteiger partial charge in [0.25, 0.3) is 0 Å². The van der Waals surface area contributed by atoms with Crippen LogP contribution in [0.1, 0.15) is 25.3 Å². The summed E-state index contributed by atoms with van der Waals surface area (Å²) >= 11 is 6.22. The van der Waals surface area contributed by atoms with Gasteiger partial charge in [-0.15, -0.1) is 0 Å². The van der Waals surface area contributed by atoms with Crippen molar-refractivity contribution in [2.45, 2.75) is 25.8 Å². The number of halogens is 3. The zero-order valence-electron chi connectivity index (χ0n) is 21.6. The summed E-state index contributed by atoms with van der Waals surface area (Å²) in [6.45, 7) is 3.37. The highest BCUT2D eigenvalue weighted by Crippen LogP contribution is 2.45. The summed E-state index contributed by atoms with van der Waals surface area (Å²) in [5, 5.41) is 18.9. The standard InChI is InChI=1S/C28H26ClF2N7O2/c1-2-37-27-21(10-17(29)14-35-27)20-5-3-16(13-32)9-24(20)38(28(37)40)26-22(30)11-19(12-23(26)31)34-8-7-33-15-18-4-6-25(39)36-18/h3,5,9-12,14,18,33-34H,2,4,6-8,15H2,1H3,(H,36,39). The van der Waals surface area contributed by atoms with Crippen LogP contribution in [0.3, 0.4) is 0 Å². The molecular weight excluding hydrogens is 540 g/mol. The molecule has 0 bridgehead atoms. The number of hydrogen-bond donors (Lipinski definition) is 3. The number of nitrogens with one attached hydrogen (secondary N) is 3. The van der Waals surface area contributed by atoms with Crippen molar-refractivity contribution >= 4 is 46.4 Å². The molecule has 3 amide bonds. The second-order valence-electron chi connectivity index (χ2n) is 9.45. The van der Waals surface area contributed by atoms with Crippen molar-refractivity contribution in [3.63, 3.8) is 0 Å². The van der Waals surface area contributed by atoms with Crippen molar-refractivity contribution < 1.29 is 18.4 Å². The Morgan fingerprint density at radius 1 is 1.15 bits per heavy atom. The van der Waals surface area contributed by atoms with Gasteiger partial charge in [-0.2, -0.15) is 5.26 Å². The van der Waals surface area contributed by atoms with Gasteiger partial charge in [-0.25, -0.2) is 18.6 Å². The topological polar surface area (TPSA) is 113 Å². The lowest BCUT2D eigenvalue weighted by Crippen LogP contribution is -2.41. The van der Waals surface area contributed by atoms with Gasteiger partial charge in [-0.1, -0.05) is 17.7 Å². The highest BCUT2D eigenvalue weighted by molar-refractivity contribution is 6.31. The Balaban J connectivity index is 1.45. The van der Waals surface area contributed by atoms with Crippen molar-refractivity contribution in [2.75, 3.05) is 41.3 Å². The van der Waals surface area contributed by atoms with Crippen LogP contribution in [0.2, 0.25) is 5.02 Å². The summed E-state index contributed by atoms with van der Waals surface area (Å²) in [5.74, 6) is -1.59. The molecule has 2 aliphatic heterocycles. The summed E-state index contributed by atoms with van der Waals surface area (Å²) in [6, 6.07) is 9.84. The maximum atomic E-state index is 15.7. The highest BCUT2D eigenvalue weighted by Gasteiger charge is 2.36. The molecule has 12 heteroatoms. The summed E-state index contributed by atoms with van der Waals surface area (Å²) in [6.07, 6.45) is 2.69. The first kappa shape index (κ1) is 27.3. The van der Waals surface area contributed by atoms with Gasteiger partial charge < -0.3 is 16.0 Å². The maximum Gasteiger partial charge on any atom is 0.334 e. The van der Waals surface area contributed by atoms with Crippen LogP contribution in [0.25, 0.3) is 11.1 Å². The number of aromatic nitrogens is 1. The van der Waals surface area contributed by atoms with Gasteiger partial charge in [0, 0.05) is 61.7 Å². The first-order valence-electron chi connectivity index (χ1n) is 12.9. The van der Waals surface area contributed by atoms with E-state index in [-0.39, 0.29) is 41.2 Å². The number of amides is 3. The number of carbonyl (C=O) groups is 2. The van der Waals surface area contributed by atoms with Crippen molar-refractivity contribution in [3.05, 3.63) is 64.8 Å². The summed E-state index contributed by atoms with van der Waals surface area (Å²) in [7, 11) is 0. The SMILES string of the molecule is CCN1C(=O)N(c2c(F)cc(NCCNCC3CCC(=O)N3)cc2F)c2cc(C#N)ccc2-c2cc(Cl)cnc21. The molecule has 3 N–H and O–H groups in total. The molecule has 2 aliphatic rings. The van der Waals surface area contributed by atoms with E-state index in [9.17, 15) is 14.9 Å². The van der Waals surface area contributed by atoms with E-state index in [1.54, 1.807) is 25.1 Å². The van der Waals surface area contributed by atoms with Crippen LogP contribution in [0.15, 0.2) is 42.6 Å². The third-order valence-electron chi connectivity index (χ3n) is 6.83. The average Bonchev–Trinajstić information content (AvgIpc) is 3.32. The van der Waals surface area contributed by atoms with Gasteiger partial charge in [-0.05, 0) is 43.7 Å². The molecule has 1 aromatic heterocycles. The minimum absolute atomic E-state index is 0.0383. The fourth-order valence-corrected chi connectivity index (χ4v) is 5.12. The molecule has 0 saturated carbocycles. The highest BCUT2D eigenvalue weighted by atomic mass is 35.5. The zero-order chi connectivity index (χ0) is 28.4. The molecule has 0 aliphatic carbocycles. The fraction of sp³-hybridized carbons (Fsp3) is 0.286. The smallest absolute Gasteiger partial charge is 0.334 e. The van der Waals surface area contributed by atoms with Gasteiger partial charge in [-0.3, -0.25) is 14.6 Å². The number of hydrogen-bond acceptors (Lipinski definition) is 6. The number of carbonyl (C=O) groups excluding carboxylic acids is 2. The van der Waals surface area contributed by atoms with Gasteiger partial charge in [0.15, 0.2) is 11.6 Å². The first-order valence-corrected chi connectivity index (χ1v) is 13.2. The van der Waals surface area contributed by atoms with Crippen LogP contribution in [0.4, 0.5) is 36.5 Å². The molecule has 40 heavy (non-hydrogen) atoms. The van der Waals surface area contributed by atoms with Gasteiger partial charge in [0.1, 0.15) is 11.5 Å². The van der Waals surface area contributed by atoms with Gasteiger partial charge in [0.05, 0.1) is 22.3 Å². The number of rotatable bonds is 8. The molecule has 1 unspecified atom stereocenters. The van der Waals surface area contributed by atoms with Crippen molar-refractivity contribution in [3.8, 4) is 17.2 Å². The summed E-state index contributed by atoms with van der Waals surface area (Å²) in [4.78, 5) is 31.8. The Kier molecular flexibility index (Phi) is 7.82. The maximum absolute atomic E-state index is 15.7. The predicted molar refractivity (Wildman–Crippen MR) is 149 cm³/mol. The lowest BCUT2D eigenvalue weighted by atomic mass is 10.0. The number of nitrogens with zero attached hydrogens (tertiary/aromatic N) is 4. The molecule has 1 saturated heterocycles. The molecule has 1 fully saturated rings. The van der Waals surface area contributed by atoms with E-state index in [4.69, 9.17) is 11.6 Å². The normalized spacial score (nSPS) is 16.2. The van der Waals surface area contributed by atoms with Crippen LogP contribution < -0.4 is 25.8 Å². The third-order valence-corrected chi connectivity index (χ3v) is 7.04. The molecule has 1 atom stereocenters. The van der Waals surface area contributed by atoms with E-state index in [0.29, 0.717) is 42.2 Å². The second kappa shape index (κ2) is 11.5. The van der Waals surface area contributed by atoms with E-state index in [2.05, 4.69) is 20.9 Å². The van der Waals surface area contributed by atoms with E-state index < -0.39 is 23.4 Å². The Morgan fingerprint density at radius 2 is 1.93 bits per heavy atom. The number of anilines is 4. The number of benzene rings is 2. The van der Waals surface area contributed by atoms with Gasteiger partial charge >= 0.3 is 6.03 Å². The zero-order valence-corrected chi connectivity index (χ0v) is 22.4. The Labute approximate surface area is 234 Å². The summed E-state index contributed by atoms with van der Waals surface area (Å²) in [5.41, 5.74) is 0.910. The van der Waals surface area contributed by atoms with E-state index >= 15 is 8.78 Å². The number of fused-ring (bicyclic) bond motifs is 3. The number of nitriles is 1. The molecule has 0 spiro atoms. The molecule has 206 valence electrons. The lowest BCUT2D eigenvalue weighted by molar-refractivity contribution is -0.119. The van der Waals surface area contributed by atoms with Crippen LogP contribution in [-0.4, -0.2) is 49.1 Å². The van der Waals surface area contributed by atoms with Crippen molar-refractivity contribution in [1.29, 1.82) is 5.26 Å². The second-order valence-corrected chi connectivity index (χ2v) is 9.89. The Hall–Kier alpha value is -4.27. The minimum Gasteiger partial charge on any atom is -0.384 e. The molecule has 9 nitrogen and oxygen atoms in total. The van der Waals surface area contributed by atoms with Crippen molar-refractivity contribution in [2.24, 2.45) is 0 Å². The predicted octanol–water partition coefficient (Wildman–Crippen LogP) is 4.93. The monoisotopic (exact) mass is 565 g/mol. The van der Waals surface area contributed by atoms with Gasteiger partial charge in [0.2, 0.25) is 5.91 Å². The molecule has 5 rings (SSSR count). The minimum atomic E-state index is -0.959.